The zero-order valence-electron chi connectivity index (χ0n) is 7.86. The fourth-order valence-corrected chi connectivity index (χ4v) is 1.41. The highest BCUT2D eigenvalue weighted by Gasteiger charge is 2.16. The van der Waals surface area contributed by atoms with E-state index >= 15 is 0 Å². The molecule has 1 rings (SSSR count). The van der Waals surface area contributed by atoms with Gasteiger partial charge in [-0.25, -0.2) is 9.78 Å². The number of ketones is 1. The summed E-state index contributed by atoms with van der Waals surface area (Å²) in [5.74, 6) is -2.10. The van der Waals surface area contributed by atoms with Gasteiger partial charge in [-0.1, -0.05) is 0 Å². The van der Waals surface area contributed by atoms with E-state index in [1.54, 1.807) is 6.07 Å². The van der Waals surface area contributed by atoms with Gasteiger partial charge in [0.1, 0.15) is 0 Å². The van der Waals surface area contributed by atoms with E-state index in [1.165, 1.54) is 13.3 Å². The molecule has 0 atom stereocenters. The summed E-state index contributed by atoms with van der Waals surface area (Å²) in [4.78, 5) is 25.3. The predicted molar refractivity (Wildman–Crippen MR) is 54.8 cm³/mol. The van der Waals surface area contributed by atoms with Crippen LogP contribution in [0.1, 0.15) is 5.56 Å². The Balaban J connectivity index is 2.97. The van der Waals surface area contributed by atoms with Crippen molar-refractivity contribution in [1.29, 1.82) is 0 Å². The molecule has 6 heteroatoms. The number of methoxy groups -OCH3 is 1. The maximum absolute atomic E-state index is 11.0. The van der Waals surface area contributed by atoms with Crippen molar-refractivity contribution in [3.05, 3.63) is 22.3 Å². The van der Waals surface area contributed by atoms with E-state index in [4.69, 9.17) is 9.84 Å². The van der Waals surface area contributed by atoms with Crippen molar-refractivity contribution in [2.45, 2.75) is 6.42 Å². The van der Waals surface area contributed by atoms with Crippen LogP contribution in [0.25, 0.3) is 0 Å². The molecule has 0 aliphatic carbocycles. The Labute approximate surface area is 94.2 Å². The number of carbonyl (C=O) groups excluding carboxylic acids is 1. The number of carboxylic acids is 1. The number of aromatic nitrogens is 1. The molecule has 0 unspecified atom stereocenters. The summed E-state index contributed by atoms with van der Waals surface area (Å²) in [6.07, 6.45) is 1.28. The van der Waals surface area contributed by atoms with E-state index in [0.29, 0.717) is 10.0 Å². The van der Waals surface area contributed by atoms with Gasteiger partial charge in [0.2, 0.25) is 11.7 Å². The number of pyridine rings is 1. The topological polar surface area (TPSA) is 76.5 Å². The minimum Gasteiger partial charge on any atom is -0.481 e. The maximum Gasteiger partial charge on any atom is 0.372 e. The van der Waals surface area contributed by atoms with Crippen LogP contribution < -0.4 is 4.74 Å². The van der Waals surface area contributed by atoms with Gasteiger partial charge in [0.15, 0.2) is 0 Å². The quantitative estimate of drug-likeness (QED) is 0.830. The molecule has 0 saturated carbocycles. The molecule has 1 aromatic heterocycles. The normalized spacial score (nSPS) is 9.73. The number of carboxylic acid groups (broad SMARTS) is 1. The van der Waals surface area contributed by atoms with Crippen molar-refractivity contribution in [3.8, 4) is 5.88 Å². The predicted octanol–water partition coefficient (Wildman–Crippen LogP) is 1.05. The molecule has 0 amide bonds. The third kappa shape index (κ3) is 3.02. The van der Waals surface area contributed by atoms with Crippen LogP contribution in [0.3, 0.4) is 0 Å². The molecule has 1 N–H and O–H groups in total. The van der Waals surface area contributed by atoms with E-state index in [9.17, 15) is 9.59 Å². The molecule has 5 nitrogen and oxygen atoms in total. The van der Waals surface area contributed by atoms with Gasteiger partial charge in [0, 0.05) is 22.7 Å². The lowest BCUT2D eigenvalue weighted by molar-refractivity contribution is -0.148. The fourth-order valence-electron chi connectivity index (χ4n) is 1.03. The molecular weight excluding hydrogens is 266 g/mol. The van der Waals surface area contributed by atoms with Crippen LogP contribution in [0.4, 0.5) is 0 Å². The van der Waals surface area contributed by atoms with Crippen molar-refractivity contribution in [3.63, 3.8) is 0 Å². The molecule has 0 spiro atoms. The van der Waals surface area contributed by atoms with E-state index in [1.807, 2.05) is 0 Å². The molecule has 0 aliphatic rings. The van der Waals surface area contributed by atoms with Crippen LogP contribution in [-0.2, 0) is 16.0 Å². The Kier molecular flexibility index (Phi) is 3.79. The Hall–Kier alpha value is -1.43. The van der Waals surface area contributed by atoms with Crippen molar-refractivity contribution in [1.82, 2.24) is 4.98 Å². The number of Topliss-reactive ketones (excluding diaryl/α,β-unsaturated/α-hetero) is 1. The molecule has 0 aromatic carbocycles. The van der Waals surface area contributed by atoms with Crippen molar-refractivity contribution >= 4 is 27.7 Å². The summed E-state index contributed by atoms with van der Waals surface area (Å²) in [7, 11) is 1.41. The highest BCUT2D eigenvalue weighted by molar-refractivity contribution is 9.10. The Morgan fingerprint density at radius 1 is 1.60 bits per heavy atom. The SMILES string of the molecule is COc1ncc(Br)cc1CC(=O)C(=O)O. The molecule has 15 heavy (non-hydrogen) atoms. The maximum atomic E-state index is 11.0. The minimum absolute atomic E-state index is 0.231. The molecule has 0 aliphatic heterocycles. The lowest BCUT2D eigenvalue weighted by Gasteiger charge is -2.05. The van der Waals surface area contributed by atoms with Gasteiger partial charge >= 0.3 is 5.97 Å². The van der Waals surface area contributed by atoms with Crippen LogP contribution in [0, 0.1) is 0 Å². The monoisotopic (exact) mass is 273 g/mol. The van der Waals surface area contributed by atoms with Gasteiger partial charge < -0.3 is 9.84 Å². The summed E-state index contributed by atoms with van der Waals surface area (Å²) in [5, 5.41) is 8.45. The first-order chi connectivity index (χ1) is 7.04. The van der Waals surface area contributed by atoms with Gasteiger partial charge in [-0.3, -0.25) is 4.79 Å². The summed E-state index contributed by atoms with van der Waals surface area (Å²) < 4.78 is 5.57. The van der Waals surface area contributed by atoms with Crippen LogP contribution in [-0.4, -0.2) is 29.0 Å². The second-order valence-corrected chi connectivity index (χ2v) is 3.64. The number of halogens is 1. The Morgan fingerprint density at radius 2 is 2.27 bits per heavy atom. The summed E-state index contributed by atoms with van der Waals surface area (Å²) in [6, 6.07) is 1.60. The molecule has 0 saturated heterocycles. The van der Waals surface area contributed by atoms with Crippen LogP contribution in [0.15, 0.2) is 16.7 Å². The van der Waals surface area contributed by atoms with E-state index in [0.717, 1.165) is 0 Å². The average Bonchev–Trinajstić information content (AvgIpc) is 2.18. The molecular formula is C9H8BrNO4. The van der Waals surface area contributed by atoms with Gasteiger partial charge in [-0.2, -0.15) is 0 Å². The smallest absolute Gasteiger partial charge is 0.372 e. The third-order valence-corrected chi connectivity index (χ3v) is 2.11. The second-order valence-electron chi connectivity index (χ2n) is 2.73. The van der Waals surface area contributed by atoms with E-state index in [2.05, 4.69) is 20.9 Å². The zero-order valence-corrected chi connectivity index (χ0v) is 9.44. The molecule has 80 valence electrons. The fraction of sp³-hybridized carbons (Fsp3) is 0.222. The third-order valence-electron chi connectivity index (χ3n) is 1.67. The minimum atomic E-state index is -1.46. The van der Waals surface area contributed by atoms with E-state index < -0.39 is 11.8 Å². The summed E-state index contributed by atoms with van der Waals surface area (Å²) in [6.45, 7) is 0. The van der Waals surface area contributed by atoms with Crippen molar-refractivity contribution in [2.75, 3.05) is 7.11 Å². The van der Waals surface area contributed by atoms with Crippen molar-refractivity contribution in [2.24, 2.45) is 0 Å². The lowest BCUT2D eigenvalue weighted by Crippen LogP contribution is -2.15. The Bertz CT molecular complexity index is 405. The van der Waals surface area contributed by atoms with Crippen LogP contribution >= 0.6 is 15.9 Å². The van der Waals surface area contributed by atoms with Gasteiger partial charge in [-0.05, 0) is 22.0 Å². The number of aliphatic carboxylic acids is 1. The molecule has 0 bridgehead atoms. The highest BCUT2D eigenvalue weighted by atomic mass is 79.9. The molecule has 0 fully saturated rings. The first-order valence-corrected chi connectivity index (χ1v) is 4.78. The summed E-state index contributed by atoms with van der Waals surface area (Å²) >= 11 is 3.18. The van der Waals surface area contributed by atoms with Crippen LogP contribution in [0.2, 0.25) is 0 Å². The zero-order chi connectivity index (χ0) is 11.4. The van der Waals surface area contributed by atoms with Gasteiger partial charge in [-0.15, -0.1) is 0 Å². The first kappa shape index (κ1) is 11.6. The number of carbonyl (C=O) groups is 2. The average molecular weight is 274 g/mol. The number of rotatable bonds is 4. The number of nitrogens with zero attached hydrogens (tertiary/aromatic N) is 1. The van der Waals surface area contributed by atoms with Gasteiger partial charge in [0.05, 0.1) is 7.11 Å². The van der Waals surface area contributed by atoms with Crippen molar-refractivity contribution < 1.29 is 19.4 Å². The molecule has 0 radical (unpaired) electrons. The molecule has 1 heterocycles. The highest BCUT2D eigenvalue weighted by Crippen LogP contribution is 2.20. The first-order valence-electron chi connectivity index (χ1n) is 3.99. The Morgan fingerprint density at radius 3 is 2.80 bits per heavy atom. The second kappa shape index (κ2) is 4.88. The van der Waals surface area contributed by atoms with Crippen LogP contribution in [0.5, 0.6) is 5.88 Å². The number of hydrogen-bond acceptors (Lipinski definition) is 4. The standard InChI is InChI=1S/C9H8BrNO4/c1-15-8-5(2-6(10)4-11-8)3-7(12)9(13)14/h2,4H,3H2,1H3,(H,13,14). The number of hydrogen-bond donors (Lipinski definition) is 1. The molecule has 1 aromatic rings. The van der Waals surface area contributed by atoms with Gasteiger partial charge in [0.25, 0.3) is 0 Å². The summed E-state index contributed by atoms with van der Waals surface area (Å²) in [5.41, 5.74) is 0.444. The number of ether oxygens (including phenoxy) is 1. The lowest BCUT2D eigenvalue weighted by atomic mass is 10.1. The van der Waals surface area contributed by atoms with E-state index in [-0.39, 0.29) is 12.3 Å². The largest absolute Gasteiger partial charge is 0.481 e.